The maximum absolute atomic E-state index is 12.1. The van der Waals surface area contributed by atoms with E-state index < -0.39 is 0 Å². The van der Waals surface area contributed by atoms with Crippen LogP contribution >= 0.6 is 0 Å². The van der Waals surface area contributed by atoms with Crippen LogP contribution in [0.15, 0.2) is 0 Å². The average Bonchev–Trinajstić information content (AvgIpc) is 2.96. The van der Waals surface area contributed by atoms with E-state index in [1.165, 1.54) is 25.7 Å². The molecule has 2 bridgehead atoms. The van der Waals surface area contributed by atoms with Gasteiger partial charge in [0.05, 0.1) is 0 Å². The third-order valence-corrected chi connectivity index (χ3v) is 5.45. The molecule has 0 aromatic rings. The van der Waals surface area contributed by atoms with E-state index in [4.69, 9.17) is 5.73 Å². The highest BCUT2D eigenvalue weighted by Crippen LogP contribution is 2.44. The second-order valence-electron chi connectivity index (χ2n) is 6.21. The van der Waals surface area contributed by atoms with Crippen molar-refractivity contribution in [2.45, 2.75) is 63.1 Å². The largest absolute Gasteiger partial charge is 0.368 e. The molecule has 3 rings (SSSR count). The minimum Gasteiger partial charge on any atom is -0.368 e. The van der Waals surface area contributed by atoms with Gasteiger partial charge in [0.2, 0.25) is 5.91 Å². The Labute approximate surface area is 109 Å². The SMILES string of the molecule is CCN1C2CCC1CC(C(N)=O)(N1CCCC1)C2. The van der Waals surface area contributed by atoms with Gasteiger partial charge < -0.3 is 5.73 Å². The number of nitrogens with zero attached hydrogens (tertiary/aromatic N) is 2. The Balaban J connectivity index is 1.87. The summed E-state index contributed by atoms with van der Waals surface area (Å²) in [5, 5.41) is 0. The Morgan fingerprint density at radius 1 is 1.22 bits per heavy atom. The van der Waals surface area contributed by atoms with Crippen LogP contribution in [0.4, 0.5) is 0 Å². The first kappa shape index (κ1) is 12.4. The van der Waals surface area contributed by atoms with Gasteiger partial charge in [-0.25, -0.2) is 0 Å². The van der Waals surface area contributed by atoms with Crippen LogP contribution in [0.1, 0.15) is 45.4 Å². The molecule has 0 radical (unpaired) electrons. The fourth-order valence-electron chi connectivity index (χ4n) is 4.59. The number of likely N-dealkylation sites (tertiary alicyclic amines) is 1. The van der Waals surface area contributed by atoms with Gasteiger partial charge in [-0.15, -0.1) is 0 Å². The molecule has 3 saturated heterocycles. The van der Waals surface area contributed by atoms with Crippen LogP contribution in [0.2, 0.25) is 0 Å². The van der Waals surface area contributed by atoms with Crippen LogP contribution in [0.25, 0.3) is 0 Å². The zero-order chi connectivity index (χ0) is 12.8. The van der Waals surface area contributed by atoms with Crippen LogP contribution in [0, 0.1) is 0 Å². The van der Waals surface area contributed by atoms with Crippen LogP contribution in [0.5, 0.6) is 0 Å². The molecule has 2 N–H and O–H groups in total. The number of hydrogen-bond acceptors (Lipinski definition) is 3. The van der Waals surface area contributed by atoms with E-state index in [-0.39, 0.29) is 11.4 Å². The van der Waals surface area contributed by atoms with Crippen LogP contribution < -0.4 is 5.73 Å². The molecule has 2 atom stereocenters. The lowest BCUT2D eigenvalue weighted by Crippen LogP contribution is -2.64. The van der Waals surface area contributed by atoms with Gasteiger partial charge in [0.1, 0.15) is 5.54 Å². The molecule has 3 aliphatic heterocycles. The zero-order valence-electron chi connectivity index (χ0n) is 11.4. The second-order valence-corrected chi connectivity index (χ2v) is 6.21. The molecular formula is C14H25N3O. The third-order valence-electron chi connectivity index (χ3n) is 5.45. The summed E-state index contributed by atoms with van der Waals surface area (Å²) < 4.78 is 0. The first-order valence-electron chi connectivity index (χ1n) is 7.48. The number of amides is 1. The van der Waals surface area contributed by atoms with Crippen molar-refractivity contribution in [3.63, 3.8) is 0 Å². The number of rotatable bonds is 3. The molecule has 2 unspecified atom stereocenters. The molecule has 3 fully saturated rings. The molecule has 18 heavy (non-hydrogen) atoms. The van der Waals surface area contributed by atoms with E-state index in [9.17, 15) is 4.79 Å². The lowest BCUT2D eigenvalue weighted by molar-refractivity contribution is -0.135. The smallest absolute Gasteiger partial charge is 0.238 e. The minimum atomic E-state index is -0.325. The third kappa shape index (κ3) is 1.69. The average molecular weight is 251 g/mol. The van der Waals surface area contributed by atoms with Gasteiger partial charge in [-0.05, 0) is 58.2 Å². The maximum Gasteiger partial charge on any atom is 0.238 e. The highest BCUT2D eigenvalue weighted by atomic mass is 16.1. The standard InChI is InChI=1S/C14H25N3O/c1-2-17-11-5-6-12(17)10-14(9-11,13(15)18)16-7-3-4-8-16/h11-12H,2-10H2,1H3,(H2,15,18). The number of primary amides is 1. The van der Waals surface area contributed by atoms with Crippen LogP contribution in [0.3, 0.4) is 0 Å². The molecule has 0 saturated carbocycles. The van der Waals surface area contributed by atoms with E-state index >= 15 is 0 Å². The fraction of sp³-hybridized carbons (Fsp3) is 0.929. The van der Waals surface area contributed by atoms with Gasteiger partial charge in [0, 0.05) is 12.1 Å². The Hall–Kier alpha value is -0.610. The van der Waals surface area contributed by atoms with Crippen molar-refractivity contribution >= 4 is 5.91 Å². The van der Waals surface area contributed by atoms with Gasteiger partial charge in [-0.2, -0.15) is 0 Å². The zero-order valence-corrected chi connectivity index (χ0v) is 11.4. The minimum absolute atomic E-state index is 0.0722. The van der Waals surface area contributed by atoms with Crippen molar-refractivity contribution in [3.05, 3.63) is 0 Å². The van der Waals surface area contributed by atoms with E-state index in [2.05, 4.69) is 16.7 Å². The van der Waals surface area contributed by atoms with E-state index in [1.807, 2.05) is 0 Å². The van der Waals surface area contributed by atoms with Crippen molar-refractivity contribution in [1.29, 1.82) is 0 Å². The van der Waals surface area contributed by atoms with Crippen molar-refractivity contribution in [1.82, 2.24) is 9.80 Å². The molecule has 102 valence electrons. The van der Waals surface area contributed by atoms with E-state index in [0.29, 0.717) is 12.1 Å². The van der Waals surface area contributed by atoms with Crippen molar-refractivity contribution in [3.8, 4) is 0 Å². The Morgan fingerprint density at radius 3 is 2.22 bits per heavy atom. The summed E-state index contributed by atoms with van der Waals surface area (Å²) in [4.78, 5) is 17.1. The summed E-state index contributed by atoms with van der Waals surface area (Å²) in [6.45, 7) is 5.48. The Kier molecular flexibility index (Phi) is 3.10. The van der Waals surface area contributed by atoms with Gasteiger partial charge in [0.15, 0.2) is 0 Å². The Morgan fingerprint density at radius 2 is 1.78 bits per heavy atom. The number of carbonyl (C=O) groups excluding carboxylic acids is 1. The molecule has 0 aliphatic carbocycles. The summed E-state index contributed by atoms with van der Waals surface area (Å²) in [5.74, 6) is -0.0722. The van der Waals surface area contributed by atoms with Gasteiger partial charge in [-0.1, -0.05) is 6.92 Å². The summed E-state index contributed by atoms with van der Waals surface area (Å²) >= 11 is 0. The summed E-state index contributed by atoms with van der Waals surface area (Å²) in [7, 11) is 0. The van der Waals surface area contributed by atoms with Crippen LogP contribution in [-0.4, -0.2) is 53.0 Å². The molecule has 1 amide bonds. The van der Waals surface area contributed by atoms with Crippen LogP contribution in [-0.2, 0) is 4.79 Å². The van der Waals surface area contributed by atoms with Gasteiger partial charge in [-0.3, -0.25) is 14.6 Å². The molecule has 0 spiro atoms. The highest BCUT2D eigenvalue weighted by Gasteiger charge is 2.54. The molecule has 0 aromatic carbocycles. The predicted molar refractivity (Wildman–Crippen MR) is 71.2 cm³/mol. The van der Waals surface area contributed by atoms with E-state index in [1.54, 1.807) is 0 Å². The molecule has 4 nitrogen and oxygen atoms in total. The number of hydrogen-bond donors (Lipinski definition) is 1. The van der Waals surface area contributed by atoms with Crippen molar-refractivity contribution in [2.24, 2.45) is 5.73 Å². The Bertz CT molecular complexity index is 324. The topological polar surface area (TPSA) is 49.6 Å². The molecule has 4 heteroatoms. The highest BCUT2D eigenvalue weighted by molar-refractivity contribution is 5.85. The number of carbonyl (C=O) groups is 1. The monoisotopic (exact) mass is 251 g/mol. The fourth-order valence-corrected chi connectivity index (χ4v) is 4.59. The predicted octanol–water partition coefficient (Wildman–Crippen LogP) is 0.953. The first-order valence-corrected chi connectivity index (χ1v) is 7.48. The summed E-state index contributed by atoms with van der Waals surface area (Å²) in [6.07, 6.45) is 6.88. The number of fused-ring (bicyclic) bond motifs is 2. The molecule has 3 heterocycles. The quantitative estimate of drug-likeness (QED) is 0.812. The van der Waals surface area contributed by atoms with Crippen molar-refractivity contribution in [2.75, 3.05) is 19.6 Å². The molecular weight excluding hydrogens is 226 g/mol. The van der Waals surface area contributed by atoms with E-state index in [0.717, 1.165) is 32.5 Å². The lowest BCUT2D eigenvalue weighted by Gasteiger charge is -2.49. The molecule has 0 aromatic heterocycles. The summed E-state index contributed by atoms with van der Waals surface area (Å²) in [5.41, 5.74) is 5.50. The second kappa shape index (κ2) is 4.49. The van der Waals surface area contributed by atoms with Gasteiger partial charge >= 0.3 is 0 Å². The van der Waals surface area contributed by atoms with Gasteiger partial charge in [0.25, 0.3) is 0 Å². The van der Waals surface area contributed by atoms with Crippen molar-refractivity contribution < 1.29 is 4.79 Å². The number of nitrogens with two attached hydrogens (primary N) is 1. The maximum atomic E-state index is 12.1. The lowest BCUT2D eigenvalue weighted by atomic mass is 9.80. The first-order chi connectivity index (χ1) is 8.67. The molecule has 3 aliphatic rings. The summed E-state index contributed by atoms with van der Waals surface area (Å²) in [6, 6.07) is 1.17. The normalized spacial score (nSPS) is 41.4. The number of piperidine rings is 1.